The van der Waals surface area contributed by atoms with Crippen molar-refractivity contribution in [3.8, 4) is 0 Å². The maximum atomic E-state index is 11.2. The topological polar surface area (TPSA) is 56.2 Å². The van der Waals surface area contributed by atoms with E-state index in [0.717, 1.165) is 5.56 Å². The molecule has 0 unspecified atom stereocenters. The Labute approximate surface area is 83.3 Å². The van der Waals surface area contributed by atoms with Crippen molar-refractivity contribution in [2.75, 3.05) is 12.3 Å². The van der Waals surface area contributed by atoms with Gasteiger partial charge in [0.25, 0.3) is 5.82 Å². The molecule has 0 fully saturated rings. The SMILES string of the molecule is CCOC(=O)C[n+]1cc(C)ccc1N. The number of carbonyl (C=O) groups excluding carboxylic acids is 1. The fraction of sp³-hybridized carbons (Fsp3) is 0.400. The quantitative estimate of drug-likeness (QED) is 0.562. The van der Waals surface area contributed by atoms with Crippen molar-refractivity contribution in [3.05, 3.63) is 23.9 Å². The third-order valence-electron chi connectivity index (χ3n) is 1.81. The average Bonchev–Trinajstić information content (AvgIpc) is 2.12. The number of esters is 1. The van der Waals surface area contributed by atoms with Gasteiger partial charge in [0.05, 0.1) is 12.8 Å². The number of aromatic nitrogens is 1. The molecule has 0 aliphatic heterocycles. The lowest BCUT2D eigenvalue weighted by molar-refractivity contribution is -0.672. The number of anilines is 1. The van der Waals surface area contributed by atoms with Crippen LogP contribution in [-0.4, -0.2) is 12.6 Å². The summed E-state index contributed by atoms with van der Waals surface area (Å²) in [5, 5.41) is 0. The largest absolute Gasteiger partial charge is 0.463 e. The Morgan fingerprint density at radius 3 is 2.93 bits per heavy atom. The van der Waals surface area contributed by atoms with Gasteiger partial charge < -0.3 is 4.74 Å². The molecule has 4 heteroatoms. The van der Waals surface area contributed by atoms with Crippen LogP contribution in [0.3, 0.4) is 0 Å². The zero-order chi connectivity index (χ0) is 10.6. The maximum Gasteiger partial charge on any atom is 0.348 e. The van der Waals surface area contributed by atoms with Crippen molar-refractivity contribution >= 4 is 11.8 Å². The molecule has 0 aliphatic carbocycles. The van der Waals surface area contributed by atoms with E-state index in [-0.39, 0.29) is 12.5 Å². The van der Waals surface area contributed by atoms with E-state index in [1.165, 1.54) is 0 Å². The van der Waals surface area contributed by atoms with E-state index >= 15 is 0 Å². The lowest BCUT2D eigenvalue weighted by atomic mass is 10.3. The number of nitrogen functional groups attached to an aromatic ring is 1. The van der Waals surface area contributed by atoms with Crippen molar-refractivity contribution in [1.29, 1.82) is 0 Å². The Hall–Kier alpha value is -1.58. The predicted octanol–water partition coefficient (Wildman–Crippen LogP) is 0.428. The number of hydrogen-bond acceptors (Lipinski definition) is 3. The molecule has 1 heterocycles. The van der Waals surface area contributed by atoms with Crippen LogP contribution in [0.1, 0.15) is 12.5 Å². The third-order valence-corrected chi connectivity index (χ3v) is 1.81. The molecule has 76 valence electrons. The molecule has 0 radical (unpaired) electrons. The summed E-state index contributed by atoms with van der Waals surface area (Å²) in [6.07, 6.45) is 1.83. The minimum atomic E-state index is -0.269. The molecule has 1 aromatic heterocycles. The summed E-state index contributed by atoms with van der Waals surface area (Å²) in [5.41, 5.74) is 6.75. The first kappa shape index (κ1) is 10.5. The Bertz CT molecular complexity index is 337. The van der Waals surface area contributed by atoms with Crippen molar-refractivity contribution in [3.63, 3.8) is 0 Å². The second kappa shape index (κ2) is 4.60. The highest BCUT2D eigenvalue weighted by Gasteiger charge is 2.10. The number of nitrogens with two attached hydrogens (primary N) is 1. The van der Waals surface area contributed by atoms with Gasteiger partial charge in [-0.05, 0) is 25.5 Å². The van der Waals surface area contributed by atoms with Gasteiger partial charge in [-0.25, -0.2) is 9.36 Å². The van der Waals surface area contributed by atoms with E-state index < -0.39 is 0 Å². The molecule has 0 spiro atoms. The molecule has 4 nitrogen and oxygen atoms in total. The van der Waals surface area contributed by atoms with Gasteiger partial charge in [0, 0.05) is 6.07 Å². The molecule has 1 rings (SSSR count). The van der Waals surface area contributed by atoms with Crippen LogP contribution in [0.25, 0.3) is 0 Å². The van der Waals surface area contributed by atoms with Crippen molar-refractivity contribution in [1.82, 2.24) is 0 Å². The smallest absolute Gasteiger partial charge is 0.348 e. The second-order valence-corrected chi connectivity index (χ2v) is 3.06. The maximum absolute atomic E-state index is 11.2. The van der Waals surface area contributed by atoms with Gasteiger partial charge in [-0.1, -0.05) is 0 Å². The normalized spacial score (nSPS) is 9.86. The van der Waals surface area contributed by atoms with E-state index in [0.29, 0.717) is 12.4 Å². The molecule has 0 atom stereocenters. The average molecular weight is 195 g/mol. The lowest BCUT2D eigenvalue weighted by Gasteiger charge is -2.03. The summed E-state index contributed by atoms with van der Waals surface area (Å²) < 4.78 is 6.50. The standard InChI is InChI=1S/C10H14N2O2/c1-3-14-10(13)7-12-6-8(2)4-5-9(12)11/h4-6,11H,3,7H2,1-2H3/p+1. The molecule has 14 heavy (non-hydrogen) atoms. The molecule has 0 amide bonds. The molecule has 2 N–H and O–H groups in total. The minimum Gasteiger partial charge on any atom is -0.463 e. The summed E-state index contributed by atoms with van der Waals surface area (Å²) in [6.45, 7) is 4.29. The zero-order valence-corrected chi connectivity index (χ0v) is 8.49. The first-order valence-corrected chi connectivity index (χ1v) is 4.54. The second-order valence-electron chi connectivity index (χ2n) is 3.06. The third kappa shape index (κ3) is 2.73. The van der Waals surface area contributed by atoms with Gasteiger partial charge in [-0.3, -0.25) is 5.73 Å². The molecule has 0 saturated heterocycles. The van der Waals surface area contributed by atoms with E-state index in [2.05, 4.69) is 0 Å². The van der Waals surface area contributed by atoms with Gasteiger partial charge in [0.2, 0.25) is 0 Å². The highest BCUT2D eigenvalue weighted by Crippen LogP contribution is 1.97. The molecular weight excluding hydrogens is 180 g/mol. The van der Waals surface area contributed by atoms with E-state index in [9.17, 15) is 4.79 Å². The number of carbonyl (C=O) groups is 1. The van der Waals surface area contributed by atoms with E-state index in [1.54, 1.807) is 17.6 Å². The Morgan fingerprint density at radius 1 is 1.57 bits per heavy atom. The Kier molecular flexibility index (Phi) is 3.45. The van der Waals surface area contributed by atoms with Crippen LogP contribution in [-0.2, 0) is 16.1 Å². The minimum absolute atomic E-state index is 0.168. The van der Waals surface area contributed by atoms with Crippen LogP contribution >= 0.6 is 0 Å². The summed E-state index contributed by atoms with van der Waals surface area (Å²) in [7, 11) is 0. The van der Waals surface area contributed by atoms with Crippen LogP contribution in [0.2, 0.25) is 0 Å². The highest BCUT2D eigenvalue weighted by atomic mass is 16.5. The zero-order valence-electron chi connectivity index (χ0n) is 8.49. The van der Waals surface area contributed by atoms with Gasteiger partial charge in [0.15, 0.2) is 6.54 Å². The van der Waals surface area contributed by atoms with Crippen molar-refractivity contribution in [2.24, 2.45) is 0 Å². The number of pyridine rings is 1. The van der Waals surface area contributed by atoms with Crippen LogP contribution in [0.4, 0.5) is 5.82 Å². The Balaban J connectivity index is 2.75. The fourth-order valence-corrected chi connectivity index (χ4v) is 1.16. The lowest BCUT2D eigenvalue weighted by Crippen LogP contribution is -2.41. The van der Waals surface area contributed by atoms with Crippen LogP contribution in [0.15, 0.2) is 18.3 Å². The monoisotopic (exact) mass is 195 g/mol. The van der Waals surface area contributed by atoms with E-state index in [1.807, 2.05) is 19.2 Å². The van der Waals surface area contributed by atoms with Gasteiger partial charge >= 0.3 is 5.97 Å². The first-order valence-electron chi connectivity index (χ1n) is 4.54. The summed E-state index contributed by atoms with van der Waals surface area (Å²) >= 11 is 0. The molecular formula is C10H15N2O2+. The summed E-state index contributed by atoms with van der Waals surface area (Å²) in [4.78, 5) is 11.2. The molecule has 0 bridgehead atoms. The summed E-state index contributed by atoms with van der Waals surface area (Å²) in [6, 6.07) is 3.67. The van der Waals surface area contributed by atoms with Crippen LogP contribution in [0.5, 0.6) is 0 Å². The highest BCUT2D eigenvalue weighted by molar-refractivity contribution is 5.67. The van der Waals surface area contributed by atoms with Gasteiger partial charge in [-0.2, -0.15) is 0 Å². The predicted molar refractivity (Wildman–Crippen MR) is 52.4 cm³/mol. The fourth-order valence-electron chi connectivity index (χ4n) is 1.16. The summed E-state index contributed by atoms with van der Waals surface area (Å²) in [5.74, 6) is 0.290. The molecule has 0 aromatic carbocycles. The van der Waals surface area contributed by atoms with Gasteiger partial charge in [-0.15, -0.1) is 0 Å². The number of hydrogen-bond donors (Lipinski definition) is 1. The van der Waals surface area contributed by atoms with Crippen LogP contribution in [0, 0.1) is 6.92 Å². The number of ether oxygens (including phenoxy) is 1. The van der Waals surface area contributed by atoms with Gasteiger partial charge in [0.1, 0.15) is 0 Å². The van der Waals surface area contributed by atoms with Crippen LogP contribution < -0.4 is 10.3 Å². The first-order chi connectivity index (χ1) is 6.63. The number of nitrogens with zero attached hydrogens (tertiary/aromatic N) is 1. The number of aryl methyl sites for hydroxylation is 1. The molecule has 0 aliphatic rings. The molecule has 0 saturated carbocycles. The van der Waals surface area contributed by atoms with Crippen molar-refractivity contribution < 1.29 is 14.1 Å². The Morgan fingerprint density at radius 2 is 2.29 bits per heavy atom. The van der Waals surface area contributed by atoms with E-state index in [4.69, 9.17) is 10.5 Å². The van der Waals surface area contributed by atoms with Crippen molar-refractivity contribution in [2.45, 2.75) is 20.4 Å². The molecule has 1 aromatic rings. The number of rotatable bonds is 3.